The Hall–Kier alpha value is -3.45. The highest BCUT2D eigenvalue weighted by Gasteiger charge is 2.23. The minimum absolute atomic E-state index is 0.0720. The molecule has 5 rings (SSSR count). The summed E-state index contributed by atoms with van der Waals surface area (Å²) in [5.41, 5.74) is 7.97. The molecule has 0 spiro atoms. The Kier molecular flexibility index (Phi) is 3.32. The zero-order chi connectivity index (χ0) is 17.5. The molecular weight excluding hydrogens is 316 g/mol. The van der Waals surface area contributed by atoms with Gasteiger partial charge in [-0.05, 0) is 33.4 Å². The molecule has 0 saturated carbocycles. The van der Waals surface area contributed by atoms with Crippen LogP contribution in [0.2, 0.25) is 0 Å². The minimum atomic E-state index is 0.0720. The monoisotopic (exact) mass is 332 g/mol. The van der Waals surface area contributed by atoms with Crippen molar-refractivity contribution in [3.63, 3.8) is 0 Å². The summed E-state index contributed by atoms with van der Waals surface area (Å²) in [6, 6.07) is 32.5. The number of rotatable bonds is 0. The van der Waals surface area contributed by atoms with Gasteiger partial charge in [-0.2, -0.15) is 0 Å². The first-order valence-electron chi connectivity index (χ1n) is 8.76. The topological polar surface area (TPSA) is 17.1 Å². The highest BCUT2D eigenvalue weighted by Crippen LogP contribution is 2.42. The minimum Gasteiger partial charge on any atom is -0.289 e. The van der Waals surface area contributed by atoms with Crippen LogP contribution in [-0.4, -0.2) is 5.78 Å². The standard InChI is InChI=1S/C25H16O/c26-25-23-15-7-5-13-21(23)19-11-3-1-9-17(19)18-10-2-4-12-20(18)22-14-6-8-16-24(22)25/h1-16H. The molecule has 1 nitrogen and oxygen atoms in total. The Morgan fingerprint density at radius 2 is 0.500 bits per heavy atom. The van der Waals surface area contributed by atoms with E-state index in [1.165, 1.54) is 0 Å². The molecule has 0 N–H and O–H groups in total. The number of hydrogen-bond donors (Lipinski definition) is 0. The van der Waals surface area contributed by atoms with Crippen molar-refractivity contribution in [1.82, 2.24) is 0 Å². The van der Waals surface area contributed by atoms with Gasteiger partial charge in [-0.3, -0.25) is 4.79 Å². The predicted molar refractivity (Wildman–Crippen MR) is 106 cm³/mol. The fourth-order valence-corrected chi connectivity index (χ4v) is 3.88. The molecule has 0 unspecified atom stereocenters. The first kappa shape index (κ1) is 14.9. The lowest BCUT2D eigenvalue weighted by atomic mass is 9.89. The van der Waals surface area contributed by atoms with Gasteiger partial charge < -0.3 is 0 Å². The number of carbonyl (C=O) groups is 1. The Balaban J connectivity index is 2.00. The average Bonchev–Trinajstić information content (AvgIpc) is 2.76. The molecule has 0 amide bonds. The van der Waals surface area contributed by atoms with E-state index >= 15 is 0 Å². The number of carbonyl (C=O) groups excluding carboxylic acids is 1. The van der Waals surface area contributed by atoms with E-state index in [9.17, 15) is 4.79 Å². The van der Waals surface area contributed by atoms with Gasteiger partial charge in [-0.15, -0.1) is 0 Å². The maximum absolute atomic E-state index is 13.5. The summed E-state index contributed by atoms with van der Waals surface area (Å²) in [5.74, 6) is 0.0720. The van der Waals surface area contributed by atoms with Crippen molar-refractivity contribution in [1.29, 1.82) is 0 Å². The van der Waals surface area contributed by atoms with Gasteiger partial charge in [0, 0.05) is 11.1 Å². The number of ketones is 1. The van der Waals surface area contributed by atoms with Crippen molar-refractivity contribution in [2.24, 2.45) is 0 Å². The zero-order valence-electron chi connectivity index (χ0n) is 14.1. The molecule has 1 aliphatic carbocycles. The van der Waals surface area contributed by atoms with Gasteiger partial charge in [0.25, 0.3) is 0 Å². The van der Waals surface area contributed by atoms with E-state index in [-0.39, 0.29) is 5.78 Å². The van der Waals surface area contributed by atoms with Crippen LogP contribution in [0.1, 0.15) is 15.9 Å². The molecule has 0 heterocycles. The molecule has 26 heavy (non-hydrogen) atoms. The molecule has 0 saturated heterocycles. The Morgan fingerprint density at radius 3 is 0.769 bits per heavy atom. The third-order valence-electron chi connectivity index (χ3n) is 5.07. The molecule has 0 aliphatic heterocycles. The molecule has 122 valence electrons. The van der Waals surface area contributed by atoms with Gasteiger partial charge in [-0.1, -0.05) is 97.1 Å². The highest BCUT2D eigenvalue weighted by atomic mass is 16.1. The van der Waals surface area contributed by atoms with E-state index < -0.39 is 0 Å². The molecule has 0 fully saturated rings. The maximum Gasteiger partial charge on any atom is 0.194 e. The van der Waals surface area contributed by atoms with Crippen molar-refractivity contribution >= 4 is 5.78 Å². The summed E-state index contributed by atoms with van der Waals surface area (Å²) in [4.78, 5) is 13.5. The van der Waals surface area contributed by atoms with Gasteiger partial charge in [0.15, 0.2) is 5.78 Å². The van der Waals surface area contributed by atoms with Crippen LogP contribution < -0.4 is 0 Å². The van der Waals surface area contributed by atoms with E-state index in [0.29, 0.717) is 0 Å². The molecule has 0 radical (unpaired) electrons. The van der Waals surface area contributed by atoms with Crippen molar-refractivity contribution in [3.05, 3.63) is 108 Å². The van der Waals surface area contributed by atoms with Crippen LogP contribution in [0.4, 0.5) is 0 Å². The Labute approximate surface area is 152 Å². The molecule has 1 aliphatic rings. The van der Waals surface area contributed by atoms with Gasteiger partial charge >= 0.3 is 0 Å². The van der Waals surface area contributed by atoms with Crippen LogP contribution in [0.25, 0.3) is 33.4 Å². The molecule has 4 aromatic carbocycles. The molecule has 1 heteroatoms. The lowest BCUT2D eigenvalue weighted by molar-refractivity contribution is 0.104. The fourth-order valence-electron chi connectivity index (χ4n) is 3.88. The Morgan fingerprint density at radius 1 is 0.308 bits per heavy atom. The lowest BCUT2D eigenvalue weighted by Crippen LogP contribution is -2.04. The van der Waals surface area contributed by atoms with Gasteiger partial charge in [-0.25, -0.2) is 0 Å². The molecular formula is C25H16O. The van der Waals surface area contributed by atoms with Crippen LogP contribution in [0, 0.1) is 0 Å². The largest absolute Gasteiger partial charge is 0.289 e. The maximum atomic E-state index is 13.5. The summed E-state index contributed by atoms with van der Waals surface area (Å²) >= 11 is 0. The van der Waals surface area contributed by atoms with Crippen molar-refractivity contribution in [2.45, 2.75) is 0 Å². The third-order valence-corrected chi connectivity index (χ3v) is 5.07. The molecule has 4 aromatic rings. The van der Waals surface area contributed by atoms with Crippen LogP contribution in [0.15, 0.2) is 97.1 Å². The predicted octanol–water partition coefficient (Wildman–Crippen LogP) is 6.23. The van der Waals surface area contributed by atoms with Crippen LogP contribution in [0.3, 0.4) is 0 Å². The normalized spacial score (nSPS) is 11.9. The fraction of sp³-hybridized carbons (Fsp3) is 0. The Bertz CT molecular complexity index is 1060. The van der Waals surface area contributed by atoms with E-state index in [1.807, 2.05) is 60.7 Å². The number of benzene rings is 4. The molecule has 0 aromatic heterocycles. The first-order valence-corrected chi connectivity index (χ1v) is 8.76. The summed E-state index contributed by atoms with van der Waals surface area (Å²) in [5, 5.41) is 0. The SMILES string of the molecule is O=C1c2ccccc2-c2ccccc2-c2ccccc2-c2ccccc21. The van der Waals surface area contributed by atoms with Gasteiger partial charge in [0.2, 0.25) is 0 Å². The number of hydrogen-bond acceptors (Lipinski definition) is 1. The summed E-state index contributed by atoms with van der Waals surface area (Å²) in [6.07, 6.45) is 0. The second-order valence-electron chi connectivity index (χ2n) is 6.51. The summed E-state index contributed by atoms with van der Waals surface area (Å²) in [7, 11) is 0. The smallest absolute Gasteiger partial charge is 0.194 e. The van der Waals surface area contributed by atoms with Crippen LogP contribution in [-0.2, 0) is 0 Å². The second kappa shape index (κ2) is 5.82. The first-order chi connectivity index (χ1) is 12.8. The highest BCUT2D eigenvalue weighted by molar-refractivity contribution is 6.18. The average molecular weight is 332 g/mol. The molecule has 0 bridgehead atoms. The van der Waals surface area contributed by atoms with Crippen molar-refractivity contribution in [3.8, 4) is 33.4 Å². The summed E-state index contributed by atoms with van der Waals surface area (Å²) in [6.45, 7) is 0. The van der Waals surface area contributed by atoms with Crippen LogP contribution >= 0.6 is 0 Å². The van der Waals surface area contributed by atoms with E-state index in [1.54, 1.807) is 0 Å². The lowest BCUT2D eigenvalue weighted by Gasteiger charge is -2.14. The second-order valence-corrected chi connectivity index (χ2v) is 6.51. The van der Waals surface area contributed by atoms with Gasteiger partial charge in [0.05, 0.1) is 0 Å². The number of fused-ring (bicyclic) bond motifs is 7. The quantitative estimate of drug-likeness (QED) is 0.328. The third kappa shape index (κ3) is 2.14. The van der Waals surface area contributed by atoms with Crippen molar-refractivity contribution in [2.75, 3.05) is 0 Å². The van der Waals surface area contributed by atoms with Gasteiger partial charge in [0.1, 0.15) is 0 Å². The molecule has 0 atom stereocenters. The van der Waals surface area contributed by atoms with Crippen LogP contribution in [0.5, 0.6) is 0 Å². The van der Waals surface area contributed by atoms with E-state index in [0.717, 1.165) is 44.5 Å². The van der Waals surface area contributed by atoms with E-state index in [4.69, 9.17) is 0 Å². The van der Waals surface area contributed by atoms with E-state index in [2.05, 4.69) is 36.4 Å². The zero-order valence-corrected chi connectivity index (χ0v) is 14.1. The summed E-state index contributed by atoms with van der Waals surface area (Å²) < 4.78 is 0. The van der Waals surface area contributed by atoms with Crippen molar-refractivity contribution < 1.29 is 4.79 Å².